The Morgan fingerprint density at radius 1 is 0.949 bits per heavy atom. The summed E-state index contributed by atoms with van der Waals surface area (Å²) in [5.41, 5.74) is 2.08. The summed E-state index contributed by atoms with van der Waals surface area (Å²) < 4.78 is 40.7. The molecule has 11 heteroatoms. The number of benzene rings is 3. The molecule has 1 aliphatic rings. The van der Waals surface area contributed by atoms with Gasteiger partial charge in [-0.3, -0.25) is 14.9 Å². The normalized spacial score (nSPS) is 14.5. The lowest BCUT2D eigenvalue weighted by Gasteiger charge is -2.34. The number of alkyl halides is 3. The number of nitrogens with zero attached hydrogens (tertiary/aromatic N) is 4. The molecule has 5 rings (SSSR count). The van der Waals surface area contributed by atoms with Crippen LogP contribution in [-0.4, -0.2) is 53.5 Å². The summed E-state index contributed by atoms with van der Waals surface area (Å²) in [6.45, 7) is 3.88. The molecule has 1 saturated heterocycles. The van der Waals surface area contributed by atoms with Crippen LogP contribution in [0.5, 0.6) is 0 Å². The van der Waals surface area contributed by atoms with Crippen molar-refractivity contribution in [3.05, 3.63) is 99.7 Å². The summed E-state index contributed by atoms with van der Waals surface area (Å²) >= 11 is 0. The van der Waals surface area contributed by atoms with E-state index in [0.29, 0.717) is 22.2 Å². The van der Waals surface area contributed by atoms with Crippen molar-refractivity contribution in [2.75, 3.05) is 43.4 Å². The SMILES string of the molecule is CN1CCN(c2ccc(NC(=O)c3cc4cc([N+](=O)[O-])ccc4n3Cc3ccc(C(F)(F)F)cc3)cc2)CC1. The molecule has 0 atom stereocenters. The average molecular weight is 538 g/mol. The number of rotatable bonds is 6. The molecule has 2 heterocycles. The maximum Gasteiger partial charge on any atom is 0.416 e. The third-order valence-electron chi connectivity index (χ3n) is 6.94. The van der Waals surface area contributed by atoms with Crippen LogP contribution >= 0.6 is 0 Å². The highest BCUT2D eigenvalue weighted by Gasteiger charge is 2.30. The lowest BCUT2D eigenvalue weighted by Crippen LogP contribution is -2.44. The zero-order chi connectivity index (χ0) is 27.7. The Hall–Kier alpha value is -4.38. The number of non-ortho nitro benzene ring substituents is 1. The summed E-state index contributed by atoms with van der Waals surface area (Å²) in [5.74, 6) is -0.437. The smallest absolute Gasteiger partial charge is 0.369 e. The van der Waals surface area contributed by atoms with Crippen LogP contribution in [0.15, 0.2) is 72.8 Å². The number of nitro groups is 1. The number of carbonyl (C=O) groups is 1. The number of fused-ring (bicyclic) bond motifs is 1. The molecule has 0 spiro atoms. The van der Waals surface area contributed by atoms with E-state index in [1.54, 1.807) is 16.7 Å². The van der Waals surface area contributed by atoms with Gasteiger partial charge in [-0.1, -0.05) is 12.1 Å². The monoisotopic (exact) mass is 537 g/mol. The zero-order valence-corrected chi connectivity index (χ0v) is 21.1. The quantitative estimate of drug-likeness (QED) is 0.255. The van der Waals surface area contributed by atoms with E-state index in [1.165, 1.54) is 24.3 Å². The van der Waals surface area contributed by atoms with Crippen molar-refractivity contribution in [1.82, 2.24) is 9.47 Å². The summed E-state index contributed by atoms with van der Waals surface area (Å²) in [6.07, 6.45) is -4.46. The maximum atomic E-state index is 13.4. The van der Waals surface area contributed by atoms with Gasteiger partial charge in [0.2, 0.25) is 0 Å². The van der Waals surface area contributed by atoms with E-state index >= 15 is 0 Å². The zero-order valence-electron chi connectivity index (χ0n) is 21.1. The van der Waals surface area contributed by atoms with Crippen molar-refractivity contribution in [3.8, 4) is 0 Å². The van der Waals surface area contributed by atoms with Gasteiger partial charge >= 0.3 is 6.18 Å². The first-order valence-electron chi connectivity index (χ1n) is 12.4. The highest BCUT2D eigenvalue weighted by Crippen LogP contribution is 2.30. The van der Waals surface area contributed by atoms with E-state index in [1.807, 2.05) is 24.3 Å². The van der Waals surface area contributed by atoms with Gasteiger partial charge in [-0.15, -0.1) is 0 Å². The summed E-state index contributed by atoms with van der Waals surface area (Å²) in [4.78, 5) is 28.7. The Balaban J connectivity index is 1.42. The van der Waals surface area contributed by atoms with Gasteiger partial charge in [-0.2, -0.15) is 13.2 Å². The standard InChI is InChI=1S/C28H26F3N5O3/c1-33-12-14-34(15-13-33)23-8-6-22(7-9-23)32-27(37)26-17-20-16-24(36(38)39)10-11-25(20)35(26)18-19-2-4-21(5-3-19)28(29,30)31/h2-11,16-17H,12-15,18H2,1H3,(H,32,37). The Bertz CT molecular complexity index is 1510. The van der Waals surface area contributed by atoms with Gasteiger partial charge in [-0.25, -0.2) is 0 Å². The fourth-order valence-corrected chi connectivity index (χ4v) is 4.73. The molecule has 202 valence electrons. The lowest BCUT2D eigenvalue weighted by atomic mass is 10.1. The summed E-state index contributed by atoms with van der Waals surface area (Å²) in [6, 6.07) is 18.0. The van der Waals surface area contributed by atoms with Crippen molar-refractivity contribution < 1.29 is 22.9 Å². The predicted molar refractivity (Wildman–Crippen MR) is 143 cm³/mol. The molecule has 0 bridgehead atoms. The van der Waals surface area contributed by atoms with Crippen LogP contribution in [0.3, 0.4) is 0 Å². The van der Waals surface area contributed by atoms with Crippen LogP contribution in [0, 0.1) is 10.1 Å². The number of carbonyl (C=O) groups excluding carboxylic acids is 1. The second kappa shape index (κ2) is 10.4. The van der Waals surface area contributed by atoms with E-state index in [4.69, 9.17) is 0 Å². The third-order valence-corrected chi connectivity index (χ3v) is 6.94. The second-order valence-electron chi connectivity index (χ2n) is 9.60. The Kier molecular flexibility index (Phi) is 7.00. The van der Waals surface area contributed by atoms with Gasteiger partial charge in [-0.05, 0) is 61.1 Å². The predicted octanol–water partition coefficient (Wildman–Crippen LogP) is 5.62. The molecular formula is C28H26F3N5O3. The molecule has 0 aliphatic carbocycles. The Morgan fingerprint density at radius 3 is 2.23 bits per heavy atom. The number of hydrogen-bond donors (Lipinski definition) is 1. The number of likely N-dealkylation sites (N-methyl/N-ethyl adjacent to an activating group) is 1. The fourth-order valence-electron chi connectivity index (χ4n) is 4.73. The second-order valence-corrected chi connectivity index (χ2v) is 9.60. The lowest BCUT2D eigenvalue weighted by molar-refractivity contribution is -0.384. The van der Waals surface area contributed by atoms with Crippen LogP contribution in [0.2, 0.25) is 0 Å². The van der Waals surface area contributed by atoms with Crippen LogP contribution < -0.4 is 10.2 Å². The maximum absolute atomic E-state index is 13.4. The van der Waals surface area contributed by atoms with Crippen molar-refractivity contribution in [1.29, 1.82) is 0 Å². The van der Waals surface area contributed by atoms with Crippen LogP contribution in [0.4, 0.5) is 30.2 Å². The molecule has 3 aromatic carbocycles. The fraction of sp³-hybridized carbons (Fsp3) is 0.250. The van der Waals surface area contributed by atoms with E-state index in [0.717, 1.165) is 44.0 Å². The molecule has 8 nitrogen and oxygen atoms in total. The number of halogens is 3. The number of hydrogen-bond acceptors (Lipinski definition) is 5. The summed E-state index contributed by atoms with van der Waals surface area (Å²) in [5, 5.41) is 14.7. The number of aromatic nitrogens is 1. The first-order valence-corrected chi connectivity index (χ1v) is 12.4. The number of amides is 1. The number of nitrogens with one attached hydrogen (secondary N) is 1. The van der Waals surface area contributed by atoms with Crippen LogP contribution in [0.25, 0.3) is 10.9 Å². The minimum Gasteiger partial charge on any atom is -0.369 e. The molecule has 0 saturated carbocycles. The van der Waals surface area contributed by atoms with Gasteiger partial charge in [0.25, 0.3) is 11.6 Å². The molecule has 1 N–H and O–H groups in total. The molecule has 0 unspecified atom stereocenters. The highest BCUT2D eigenvalue weighted by molar-refractivity contribution is 6.06. The number of anilines is 2. The minimum atomic E-state index is -4.46. The topological polar surface area (TPSA) is 83.7 Å². The van der Waals surface area contributed by atoms with Gasteiger partial charge in [0, 0.05) is 67.1 Å². The molecular weight excluding hydrogens is 511 g/mol. The van der Waals surface area contributed by atoms with E-state index < -0.39 is 22.6 Å². The van der Waals surface area contributed by atoms with Crippen molar-refractivity contribution in [2.45, 2.75) is 12.7 Å². The summed E-state index contributed by atoms with van der Waals surface area (Å²) in [7, 11) is 2.09. The molecule has 1 amide bonds. The van der Waals surface area contributed by atoms with Crippen LogP contribution in [0.1, 0.15) is 21.6 Å². The molecule has 1 fully saturated rings. The van der Waals surface area contributed by atoms with Crippen molar-refractivity contribution in [3.63, 3.8) is 0 Å². The van der Waals surface area contributed by atoms with Gasteiger partial charge in [0.05, 0.1) is 10.5 Å². The van der Waals surface area contributed by atoms with E-state index in [2.05, 4.69) is 22.2 Å². The van der Waals surface area contributed by atoms with Crippen LogP contribution in [-0.2, 0) is 12.7 Å². The largest absolute Gasteiger partial charge is 0.416 e. The van der Waals surface area contributed by atoms with Gasteiger partial charge in [0.1, 0.15) is 5.69 Å². The first-order chi connectivity index (χ1) is 18.6. The first kappa shape index (κ1) is 26.2. The Morgan fingerprint density at radius 2 is 1.62 bits per heavy atom. The van der Waals surface area contributed by atoms with Gasteiger partial charge < -0.3 is 19.7 Å². The molecule has 4 aromatic rings. The molecule has 1 aromatic heterocycles. The third kappa shape index (κ3) is 5.73. The van der Waals surface area contributed by atoms with Crippen molar-refractivity contribution >= 4 is 33.9 Å². The van der Waals surface area contributed by atoms with E-state index in [-0.39, 0.29) is 17.9 Å². The molecule has 39 heavy (non-hydrogen) atoms. The minimum absolute atomic E-state index is 0.102. The van der Waals surface area contributed by atoms with E-state index in [9.17, 15) is 28.1 Å². The molecule has 0 radical (unpaired) electrons. The highest BCUT2D eigenvalue weighted by atomic mass is 19.4. The van der Waals surface area contributed by atoms with Gasteiger partial charge in [0.15, 0.2) is 0 Å². The molecule has 1 aliphatic heterocycles. The number of nitro benzene ring substituents is 1. The number of piperazine rings is 1. The van der Waals surface area contributed by atoms with Crippen molar-refractivity contribution in [2.24, 2.45) is 0 Å². The Labute approximate surface area is 222 Å². The average Bonchev–Trinajstić information content (AvgIpc) is 3.27.